The fourth-order valence-corrected chi connectivity index (χ4v) is 1.89. The second-order valence-corrected chi connectivity index (χ2v) is 3.85. The zero-order valence-electron chi connectivity index (χ0n) is 8.48. The fraction of sp³-hybridized carbons (Fsp3) is 0.0769. The van der Waals surface area contributed by atoms with Gasteiger partial charge >= 0.3 is 0 Å². The van der Waals surface area contributed by atoms with Crippen molar-refractivity contribution in [3.05, 3.63) is 66.2 Å². The van der Waals surface area contributed by atoms with Gasteiger partial charge in [-0.2, -0.15) is 6.32 Å². The average molecular weight is 181 g/mol. The molecule has 14 heavy (non-hydrogen) atoms. The summed E-state index contributed by atoms with van der Waals surface area (Å²) in [6.07, 6.45) is 1.25. The normalized spacial score (nSPS) is 10.0. The third-order valence-corrected chi connectivity index (χ3v) is 2.78. The summed E-state index contributed by atoms with van der Waals surface area (Å²) in [6.45, 7) is 0. The van der Waals surface area contributed by atoms with Gasteiger partial charge in [-0.25, -0.2) is 5.46 Å². The Bertz CT molecular complexity index is 327. The van der Waals surface area contributed by atoms with Crippen LogP contribution in [0, 0.1) is 0 Å². The topological polar surface area (TPSA) is 0 Å². The predicted molar refractivity (Wildman–Crippen MR) is 64.8 cm³/mol. The Labute approximate surface area is 85.8 Å². The van der Waals surface area contributed by atoms with Gasteiger partial charge in [0.05, 0.1) is 0 Å². The first-order valence-corrected chi connectivity index (χ1v) is 5.38. The highest BCUT2D eigenvalue weighted by Crippen LogP contribution is 1.98. The average Bonchev–Trinajstić information content (AvgIpc) is 2.29. The Hall–Kier alpha value is -1.50. The van der Waals surface area contributed by atoms with Gasteiger partial charge < -0.3 is 0 Å². The molecule has 0 saturated carbocycles. The molecule has 70 valence electrons. The largest absolute Gasteiger partial charge is 0.217 e. The van der Waals surface area contributed by atoms with Gasteiger partial charge in [0.1, 0.15) is 0 Å². The van der Waals surface area contributed by atoms with Crippen LogP contribution in [0.2, 0.25) is 0 Å². The van der Waals surface area contributed by atoms with Crippen molar-refractivity contribution < 1.29 is 0 Å². The van der Waals surface area contributed by atoms with Gasteiger partial charge in [0.25, 0.3) is 0 Å². The summed E-state index contributed by atoms with van der Waals surface area (Å²) in [5.41, 5.74) is 3.01. The maximum atomic E-state index is 2.24. The number of hydrogen-bond acceptors (Lipinski definition) is 0. The maximum Gasteiger partial charge on any atom is 0.000569 e. The van der Waals surface area contributed by atoms with Crippen LogP contribution in [-0.2, 0) is 6.32 Å². The smallest absolute Gasteiger partial charge is 0.000569 e. The summed E-state index contributed by atoms with van der Waals surface area (Å²) in [5.74, 6) is 0. The monoisotopic (exact) mass is 181 g/mol. The number of rotatable bonds is 3. The van der Waals surface area contributed by atoms with Gasteiger partial charge in [0.2, 0.25) is 0 Å². The maximum absolute atomic E-state index is 2.24. The zero-order chi connectivity index (χ0) is 9.64. The van der Waals surface area contributed by atoms with E-state index >= 15 is 0 Å². The molecule has 0 aliphatic rings. The van der Waals surface area contributed by atoms with Crippen LogP contribution in [0.15, 0.2) is 60.7 Å². The Morgan fingerprint density at radius 3 is 1.93 bits per heavy atom. The second-order valence-electron chi connectivity index (χ2n) is 3.85. The van der Waals surface area contributed by atoms with Crippen molar-refractivity contribution in [2.75, 3.05) is 0 Å². The van der Waals surface area contributed by atoms with E-state index in [1.165, 1.54) is 17.3 Å². The van der Waals surface area contributed by atoms with E-state index in [-0.39, 0.29) is 7.28 Å². The molecule has 0 saturated heterocycles. The standard InChI is InChI=1S/C13H14B/c1-3-7-12(8-4-1)11-14-13-9-5-2-6-10-13/h1-10H,11,14H2/q-1. The van der Waals surface area contributed by atoms with E-state index in [2.05, 4.69) is 60.7 Å². The highest BCUT2D eigenvalue weighted by Gasteiger charge is 1.87. The molecule has 0 heterocycles. The van der Waals surface area contributed by atoms with Crippen LogP contribution >= 0.6 is 0 Å². The van der Waals surface area contributed by atoms with Crippen molar-refractivity contribution in [3.63, 3.8) is 0 Å². The zero-order valence-corrected chi connectivity index (χ0v) is 8.48. The highest BCUT2D eigenvalue weighted by molar-refractivity contribution is 6.52. The van der Waals surface area contributed by atoms with Crippen molar-refractivity contribution in [3.8, 4) is 0 Å². The molecule has 0 bridgehead atoms. The van der Waals surface area contributed by atoms with Crippen molar-refractivity contribution in [1.29, 1.82) is 0 Å². The van der Waals surface area contributed by atoms with E-state index in [9.17, 15) is 0 Å². The van der Waals surface area contributed by atoms with Gasteiger partial charge in [-0.1, -0.05) is 66.2 Å². The molecule has 0 aliphatic carbocycles. The van der Waals surface area contributed by atoms with E-state index in [1.54, 1.807) is 0 Å². The van der Waals surface area contributed by atoms with Crippen LogP contribution in [0.1, 0.15) is 5.56 Å². The summed E-state index contributed by atoms with van der Waals surface area (Å²) in [6, 6.07) is 21.6. The molecule has 0 spiro atoms. The summed E-state index contributed by atoms with van der Waals surface area (Å²) in [5, 5.41) is 0. The van der Waals surface area contributed by atoms with Crippen LogP contribution in [0.5, 0.6) is 0 Å². The first kappa shape index (κ1) is 9.08. The Morgan fingerprint density at radius 2 is 1.29 bits per heavy atom. The molecule has 0 atom stereocenters. The van der Waals surface area contributed by atoms with Gasteiger partial charge in [-0.15, -0.1) is 0 Å². The van der Waals surface area contributed by atoms with Gasteiger partial charge in [0, 0.05) is 7.28 Å². The van der Waals surface area contributed by atoms with Crippen LogP contribution in [0.4, 0.5) is 0 Å². The summed E-state index contributed by atoms with van der Waals surface area (Å²) in [7, 11) is 0.0143. The van der Waals surface area contributed by atoms with E-state index in [4.69, 9.17) is 0 Å². The minimum Gasteiger partial charge on any atom is -0.217 e. The first-order chi connectivity index (χ1) is 6.95. The molecular weight excluding hydrogens is 167 g/mol. The summed E-state index contributed by atoms with van der Waals surface area (Å²) < 4.78 is 0. The molecule has 0 N–H and O–H groups in total. The van der Waals surface area contributed by atoms with Crippen molar-refractivity contribution in [2.45, 2.75) is 6.32 Å². The molecule has 0 radical (unpaired) electrons. The fourth-order valence-electron chi connectivity index (χ4n) is 1.89. The van der Waals surface area contributed by atoms with Crippen LogP contribution in [0.3, 0.4) is 0 Å². The SMILES string of the molecule is [BH2-](Cc1ccccc1)c1ccccc1. The van der Waals surface area contributed by atoms with E-state index in [1.807, 2.05) is 0 Å². The Balaban J connectivity index is 1.96. The third kappa shape index (κ3) is 2.49. The molecule has 1 heteroatoms. The lowest BCUT2D eigenvalue weighted by Gasteiger charge is -2.06. The minimum absolute atomic E-state index is 0.0143. The molecule has 0 aliphatic heterocycles. The van der Waals surface area contributed by atoms with Gasteiger partial charge in [-0.3, -0.25) is 0 Å². The molecule has 0 aromatic heterocycles. The predicted octanol–water partition coefficient (Wildman–Crippen LogP) is 1.68. The lowest BCUT2D eigenvalue weighted by molar-refractivity contribution is 1.39. The molecule has 2 aromatic rings. The van der Waals surface area contributed by atoms with Gasteiger partial charge in [0.15, 0.2) is 0 Å². The molecule has 0 unspecified atom stereocenters. The molecule has 2 rings (SSSR count). The molecule has 0 fully saturated rings. The summed E-state index contributed by atoms with van der Waals surface area (Å²) >= 11 is 0. The first-order valence-electron chi connectivity index (χ1n) is 5.38. The second kappa shape index (κ2) is 4.66. The lowest BCUT2D eigenvalue weighted by atomic mass is 9.65. The van der Waals surface area contributed by atoms with E-state index < -0.39 is 0 Å². The van der Waals surface area contributed by atoms with E-state index in [0.29, 0.717) is 0 Å². The number of hydrogen-bond donors (Lipinski definition) is 0. The molecular formula is C13H14B-. The van der Waals surface area contributed by atoms with Crippen LogP contribution < -0.4 is 5.46 Å². The Kier molecular flexibility index (Phi) is 3.02. The van der Waals surface area contributed by atoms with Gasteiger partial charge in [-0.05, 0) is 0 Å². The van der Waals surface area contributed by atoms with Crippen molar-refractivity contribution in [2.24, 2.45) is 0 Å². The number of benzene rings is 2. The highest BCUT2D eigenvalue weighted by atomic mass is 13.9. The summed E-state index contributed by atoms with van der Waals surface area (Å²) in [4.78, 5) is 0. The van der Waals surface area contributed by atoms with Crippen molar-refractivity contribution >= 4 is 12.7 Å². The van der Waals surface area contributed by atoms with Crippen molar-refractivity contribution in [1.82, 2.24) is 0 Å². The molecule has 2 aromatic carbocycles. The van der Waals surface area contributed by atoms with Crippen LogP contribution in [-0.4, -0.2) is 7.28 Å². The molecule has 0 nitrogen and oxygen atoms in total. The third-order valence-electron chi connectivity index (χ3n) is 2.78. The molecule has 0 amide bonds. The van der Waals surface area contributed by atoms with Crippen LogP contribution in [0.25, 0.3) is 0 Å². The quantitative estimate of drug-likeness (QED) is 0.632. The lowest BCUT2D eigenvalue weighted by Crippen LogP contribution is -2.15. The minimum atomic E-state index is 0.0143. The Morgan fingerprint density at radius 1 is 0.714 bits per heavy atom. The van der Waals surface area contributed by atoms with E-state index in [0.717, 1.165) is 0 Å².